The second-order valence-electron chi connectivity index (χ2n) is 8.94. The Morgan fingerprint density at radius 1 is 1.24 bits per heavy atom. The maximum Gasteiger partial charge on any atom is 0.253 e. The highest BCUT2D eigenvalue weighted by Gasteiger charge is 2.40. The summed E-state index contributed by atoms with van der Waals surface area (Å²) in [6.07, 6.45) is 9.08. The SMILES string of the molecule is CC1(S(=O)(=O)n2cc(-c3ccc(C(=O)N4CC[C@@H](O)C4)cc3)c3cccnc32)C=C(Br)C=CC1. The highest BCUT2D eigenvalue weighted by atomic mass is 79.9. The zero-order valence-electron chi connectivity index (χ0n) is 18.6. The van der Waals surface area contributed by atoms with Crippen LogP contribution in [0.4, 0.5) is 0 Å². The summed E-state index contributed by atoms with van der Waals surface area (Å²) in [4.78, 5) is 18.8. The summed E-state index contributed by atoms with van der Waals surface area (Å²) in [7, 11) is -3.83. The summed E-state index contributed by atoms with van der Waals surface area (Å²) in [5.41, 5.74) is 2.41. The summed E-state index contributed by atoms with van der Waals surface area (Å²) in [6, 6.07) is 10.7. The van der Waals surface area contributed by atoms with Crippen LogP contribution in [-0.2, 0) is 10.0 Å². The number of aromatic nitrogens is 2. The minimum absolute atomic E-state index is 0.120. The molecule has 1 fully saturated rings. The van der Waals surface area contributed by atoms with E-state index >= 15 is 0 Å². The van der Waals surface area contributed by atoms with Crippen molar-refractivity contribution in [2.45, 2.75) is 30.6 Å². The summed E-state index contributed by atoms with van der Waals surface area (Å²) in [6.45, 7) is 2.59. The van der Waals surface area contributed by atoms with Gasteiger partial charge in [-0.3, -0.25) is 4.79 Å². The number of rotatable bonds is 4. The number of halogens is 1. The van der Waals surface area contributed by atoms with E-state index in [1.807, 2.05) is 30.4 Å². The van der Waals surface area contributed by atoms with Gasteiger partial charge in [0.2, 0.25) is 10.0 Å². The molecule has 0 radical (unpaired) electrons. The number of carbonyl (C=O) groups excluding carboxylic acids is 1. The zero-order valence-corrected chi connectivity index (χ0v) is 21.0. The Morgan fingerprint density at radius 3 is 2.68 bits per heavy atom. The quantitative estimate of drug-likeness (QED) is 0.537. The third kappa shape index (κ3) is 3.81. The minimum Gasteiger partial charge on any atom is -0.391 e. The molecule has 0 saturated carbocycles. The molecular weight excluding hydrogens is 518 g/mol. The van der Waals surface area contributed by atoms with Crippen LogP contribution in [0.1, 0.15) is 30.1 Å². The number of β-amino-alcohol motifs (C(OH)–C–C–N with tert-alkyl or cyclic N) is 1. The van der Waals surface area contributed by atoms with E-state index in [-0.39, 0.29) is 5.91 Å². The van der Waals surface area contributed by atoms with Crippen molar-refractivity contribution >= 4 is 42.9 Å². The van der Waals surface area contributed by atoms with Gasteiger partial charge in [-0.2, -0.15) is 0 Å². The molecule has 3 aromatic rings. The van der Waals surface area contributed by atoms with Crippen LogP contribution in [0.2, 0.25) is 0 Å². The highest BCUT2D eigenvalue weighted by Crippen LogP contribution is 2.37. The first-order chi connectivity index (χ1) is 16.2. The molecule has 2 aromatic heterocycles. The molecule has 0 bridgehead atoms. The van der Waals surface area contributed by atoms with Crippen LogP contribution in [-0.4, -0.2) is 57.2 Å². The molecule has 7 nitrogen and oxygen atoms in total. The first-order valence-corrected chi connectivity index (χ1v) is 13.3. The van der Waals surface area contributed by atoms with Crippen LogP contribution in [0.5, 0.6) is 0 Å². The number of benzene rings is 1. The van der Waals surface area contributed by atoms with Crippen molar-refractivity contribution in [2.75, 3.05) is 13.1 Å². The molecule has 1 unspecified atom stereocenters. The predicted octanol–water partition coefficient (Wildman–Crippen LogP) is 4.09. The van der Waals surface area contributed by atoms with Crippen LogP contribution in [0.15, 0.2) is 71.5 Å². The van der Waals surface area contributed by atoms with Crippen molar-refractivity contribution in [2.24, 2.45) is 0 Å². The maximum absolute atomic E-state index is 13.8. The predicted molar refractivity (Wildman–Crippen MR) is 135 cm³/mol. The summed E-state index contributed by atoms with van der Waals surface area (Å²) >= 11 is 3.41. The molecule has 9 heteroatoms. The Hall–Kier alpha value is -2.75. The van der Waals surface area contributed by atoms with Gasteiger partial charge in [-0.1, -0.05) is 40.2 Å². The zero-order chi connectivity index (χ0) is 24.1. The van der Waals surface area contributed by atoms with Crippen molar-refractivity contribution in [3.63, 3.8) is 0 Å². The lowest BCUT2D eigenvalue weighted by Crippen LogP contribution is -2.38. The van der Waals surface area contributed by atoms with Gasteiger partial charge in [0.15, 0.2) is 5.65 Å². The first kappa shape index (κ1) is 23.0. The van der Waals surface area contributed by atoms with Crippen molar-refractivity contribution < 1.29 is 18.3 Å². The van der Waals surface area contributed by atoms with Gasteiger partial charge in [-0.05, 0) is 55.7 Å². The van der Waals surface area contributed by atoms with Crippen LogP contribution >= 0.6 is 15.9 Å². The van der Waals surface area contributed by atoms with E-state index in [2.05, 4.69) is 20.9 Å². The lowest BCUT2D eigenvalue weighted by molar-refractivity contribution is 0.0765. The third-order valence-corrected chi connectivity index (χ3v) is 9.27. The number of carbonyl (C=O) groups is 1. The Balaban J connectivity index is 1.55. The van der Waals surface area contributed by atoms with Gasteiger partial charge in [0.25, 0.3) is 5.91 Å². The molecule has 2 aliphatic rings. The Kier molecular flexibility index (Phi) is 5.74. The number of hydrogen-bond donors (Lipinski definition) is 1. The standard InChI is InChI=1S/C25H24BrN3O4S/c1-25(11-2-4-19(26)14-25)34(32,33)29-16-22(21-5-3-12-27-23(21)29)17-6-8-18(9-7-17)24(31)28-13-10-20(30)15-28/h2-9,12,14,16,20,30H,10-11,13,15H2,1H3/t20-,25?/m1/s1. The topological polar surface area (TPSA) is 92.5 Å². The monoisotopic (exact) mass is 541 g/mol. The van der Waals surface area contributed by atoms with Crippen LogP contribution in [0.25, 0.3) is 22.2 Å². The van der Waals surface area contributed by atoms with Gasteiger partial charge < -0.3 is 10.0 Å². The Morgan fingerprint density at radius 2 is 2.00 bits per heavy atom. The number of likely N-dealkylation sites (tertiary alicyclic amines) is 1. The number of fused-ring (bicyclic) bond motifs is 1. The summed E-state index contributed by atoms with van der Waals surface area (Å²) < 4.78 is 28.4. The largest absolute Gasteiger partial charge is 0.391 e. The van der Waals surface area contributed by atoms with E-state index < -0.39 is 20.9 Å². The van der Waals surface area contributed by atoms with Crippen LogP contribution in [0.3, 0.4) is 0 Å². The van der Waals surface area contributed by atoms with E-state index in [1.54, 1.807) is 48.5 Å². The van der Waals surface area contributed by atoms with Crippen LogP contribution in [0, 0.1) is 0 Å². The smallest absolute Gasteiger partial charge is 0.253 e. The lowest BCUT2D eigenvalue weighted by Gasteiger charge is -2.27. The molecule has 1 N–H and O–H groups in total. The molecule has 1 saturated heterocycles. The fourth-order valence-electron chi connectivity index (χ4n) is 4.55. The van der Waals surface area contributed by atoms with E-state index in [0.717, 1.165) is 15.6 Å². The van der Waals surface area contributed by atoms with Gasteiger partial charge in [0.1, 0.15) is 4.75 Å². The summed E-state index contributed by atoms with van der Waals surface area (Å²) in [5.74, 6) is -0.120. The molecule has 5 rings (SSSR count). The Labute approximate surface area is 206 Å². The molecule has 3 heterocycles. The van der Waals surface area contributed by atoms with Crippen molar-refractivity contribution in [1.29, 1.82) is 0 Å². The molecular formula is C25H24BrN3O4S. The maximum atomic E-state index is 13.8. The van der Waals surface area contributed by atoms with Crippen molar-refractivity contribution in [3.05, 3.63) is 77.1 Å². The van der Waals surface area contributed by atoms with Crippen LogP contribution < -0.4 is 0 Å². The van der Waals surface area contributed by atoms with Gasteiger partial charge in [-0.15, -0.1) is 0 Å². The number of aliphatic hydroxyl groups excluding tert-OH is 1. The first-order valence-electron chi connectivity index (χ1n) is 11.0. The van der Waals surface area contributed by atoms with Gasteiger partial charge in [0.05, 0.1) is 6.10 Å². The third-order valence-electron chi connectivity index (χ3n) is 6.52. The molecule has 0 spiro atoms. The lowest BCUT2D eigenvalue weighted by atomic mass is 10.0. The fraction of sp³-hybridized carbons (Fsp3) is 0.280. The van der Waals surface area contributed by atoms with E-state index in [1.165, 1.54) is 3.97 Å². The van der Waals surface area contributed by atoms with Gasteiger partial charge in [0, 0.05) is 46.5 Å². The average molecular weight is 542 g/mol. The number of pyridine rings is 1. The number of hydrogen-bond acceptors (Lipinski definition) is 5. The second-order valence-corrected chi connectivity index (χ2v) is 12.1. The second kappa shape index (κ2) is 8.48. The average Bonchev–Trinajstić information content (AvgIpc) is 3.43. The molecule has 1 aliphatic carbocycles. The number of allylic oxidation sites excluding steroid dienone is 3. The van der Waals surface area contributed by atoms with E-state index in [9.17, 15) is 18.3 Å². The van der Waals surface area contributed by atoms with Crippen molar-refractivity contribution in [1.82, 2.24) is 13.9 Å². The molecule has 1 aliphatic heterocycles. The normalized spacial score (nSPS) is 22.9. The van der Waals surface area contributed by atoms with E-state index in [4.69, 9.17) is 0 Å². The molecule has 176 valence electrons. The fourth-order valence-corrected chi connectivity index (χ4v) is 7.05. The molecule has 34 heavy (non-hydrogen) atoms. The Bertz CT molecular complexity index is 1440. The summed E-state index contributed by atoms with van der Waals surface area (Å²) in [5, 5.41) is 10.4. The highest BCUT2D eigenvalue weighted by molar-refractivity contribution is 9.11. The molecule has 1 amide bonds. The number of nitrogens with zero attached hydrogens (tertiary/aromatic N) is 3. The van der Waals surface area contributed by atoms with Crippen molar-refractivity contribution in [3.8, 4) is 11.1 Å². The number of aliphatic hydroxyl groups is 1. The number of amides is 1. The van der Waals surface area contributed by atoms with Gasteiger partial charge in [-0.25, -0.2) is 17.4 Å². The minimum atomic E-state index is -3.83. The molecule has 2 atom stereocenters. The van der Waals surface area contributed by atoms with E-state index in [0.29, 0.717) is 42.5 Å². The van der Waals surface area contributed by atoms with Gasteiger partial charge >= 0.3 is 0 Å². The molecule has 1 aromatic carbocycles.